The molecule has 0 aromatic heterocycles. The fourth-order valence-electron chi connectivity index (χ4n) is 2.91. The molecule has 1 atom stereocenters. The molecule has 0 heterocycles. The lowest BCUT2D eigenvalue weighted by Crippen LogP contribution is -2.23. The maximum Gasteiger partial charge on any atom is 0.316 e. The van der Waals surface area contributed by atoms with Crippen LogP contribution < -0.4 is 0 Å². The number of benzene rings is 1. The standard InChI is InChI=1S/C18H18F4O3/c1-9(6-23)5-18(8-17(18,3)4)16(24)25-7-11-14(21)12(19)10(2)13(20)15(11)22/h5-6H,7-8H2,1-4H3/b9-5+. The third-order valence-electron chi connectivity index (χ3n) is 4.75. The first-order chi connectivity index (χ1) is 11.5. The van der Waals surface area contributed by atoms with Crippen LogP contribution in [0.5, 0.6) is 0 Å². The van der Waals surface area contributed by atoms with Crippen molar-refractivity contribution in [3.05, 3.63) is 46.0 Å². The third-order valence-corrected chi connectivity index (χ3v) is 4.75. The monoisotopic (exact) mass is 358 g/mol. The van der Waals surface area contributed by atoms with Crippen LogP contribution in [0.25, 0.3) is 0 Å². The van der Waals surface area contributed by atoms with Crippen LogP contribution in [-0.2, 0) is 20.9 Å². The van der Waals surface area contributed by atoms with Gasteiger partial charge in [0, 0.05) is 5.56 Å². The highest BCUT2D eigenvalue weighted by Crippen LogP contribution is 2.65. The zero-order valence-electron chi connectivity index (χ0n) is 14.3. The smallest absolute Gasteiger partial charge is 0.316 e. The van der Waals surface area contributed by atoms with Gasteiger partial charge in [0.05, 0.1) is 11.0 Å². The normalized spacial score (nSPS) is 21.8. The summed E-state index contributed by atoms with van der Waals surface area (Å²) in [7, 11) is 0. The molecule has 1 fully saturated rings. The zero-order valence-corrected chi connectivity index (χ0v) is 14.3. The van der Waals surface area contributed by atoms with Crippen LogP contribution in [0.1, 0.15) is 38.3 Å². The molecule has 3 nitrogen and oxygen atoms in total. The number of carbonyl (C=O) groups is 2. The van der Waals surface area contributed by atoms with Gasteiger partial charge >= 0.3 is 5.97 Å². The van der Waals surface area contributed by atoms with E-state index in [1.807, 2.05) is 0 Å². The molecule has 25 heavy (non-hydrogen) atoms. The predicted octanol–water partition coefficient (Wildman–Crippen LogP) is 4.16. The molecular weight excluding hydrogens is 340 g/mol. The van der Waals surface area contributed by atoms with Gasteiger partial charge in [-0.25, -0.2) is 17.6 Å². The van der Waals surface area contributed by atoms with Crippen LogP contribution in [0.2, 0.25) is 0 Å². The van der Waals surface area contributed by atoms with Crippen molar-refractivity contribution in [1.29, 1.82) is 0 Å². The van der Waals surface area contributed by atoms with Crippen LogP contribution >= 0.6 is 0 Å². The average molecular weight is 358 g/mol. The molecule has 136 valence electrons. The van der Waals surface area contributed by atoms with Crippen LogP contribution in [0, 0.1) is 41.0 Å². The van der Waals surface area contributed by atoms with E-state index >= 15 is 0 Å². The summed E-state index contributed by atoms with van der Waals surface area (Å²) in [5.41, 5.74) is -3.07. The second-order valence-corrected chi connectivity index (χ2v) is 6.97. The van der Waals surface area contributed by atoms with E-state index in [0.29, 0.717) is 18.3 Å². The molecule has 0 saturated heterocycles. The van der Waals surface area contributed by atoms with Gasteiger partial charge in [-0.2, -0.15) is 0 Å². The van der Waals surface area contributed by atoms with Crippen LogP contribution in [-0.4, -0.2) is 12.3 Å². The molecule has 2 rings (SSSR count). The molecule has 1 aromatic carbocycles. The van der Waals surface area contributed by atoms with Gasteiger partial charge in [-0.15, -0.1) is 0 Å². The number of aldehydes is 1. The Labute approximate surface area is 142 Å². The lowest BCUT2D eigenvalue weighted by Gasteiger charge is -2.17. The first kappa shape index (κ1) is 19.1. The lowest BCUT2D eigenvalue weighted by atomic mass is 9.93. The Kier molecular flexibility index (Phi) is 4.81. The second kappa shape index (κ2) is 6.28. The molecule has 7 heteroatoms. The molecule has 1 saturated carbocycles. The molecule has 0 N–H and O–H groups in total. The van der Waals surface area contributed by atoms with E-state index in [2.05, 4.69) is 0 Å². The summed E-state index contributed by atoms with van der Waals surface area (Å²) in [5, 5.41) is 0. The van der Waals surface area contributed by atoms with E-state index in [9.17, 15) is 27.2 Å². The van der Waals surface area contributed by atoms with Gasteiger partial charge in [0.25, 0.3) is 0 Å². The Morgan fingerprint density at radius 2 is 1.60 bits per heavy atom. The number of carbonyl (C=O) groups excluding carboxylic acids is 2. The molecule has 1 aliphatic carbocycles. The largest absolute Gasteiger partial charge is 0.460 e. The van der Waals surface area contributed by atoms with E-state index in [0.717, 1.165) is 6.92 Å². The predicted molar refractivity (Wildman–Crippen MR) is 81.5 cm³/mol. The summed E-state index contributed by atoms with van der Waals surface area (Å²) in [6, 6.07) is 0. The number of esters is 1. The van der Waals surface area contributed by atoms with Crippen molar-refractivity contribution in [2.45, 2.75) is 40.7 Å². The summed E-state index contributed by atoms with van der Waals surface area (Å²) in [6.07, 6.45) is 2.41. The molecule has 0 amide bonds. The van der Waals surface area contributed by atoms with Crippen molar-refractivity contribution in [1.82, 2.24) is 0 Å². The van der Waals surface area contributed by atoms with Crippen molar-refractivity contribution in [2.24, 2.45) is 10.8 Å². The maximum absolute atomic E-state index is 13.9. The van der Waals surface area contributed by atoms with E-state index in [4.69, 9.17) is 4.74 Å². The fraction of sp³-hybridized carbons (Fsp3) is 0.444. The van der Waals surface area contributed by atoms with E-state index in [-0.39, 0.29) is 0 Å². The van der Waals surface area contributed by atoms with Gasteiger partial charge in [-0.3, -0.25) is 9.59 Å². The molecule has 0 radical (unpaired) electrons. The number of hydrogen-bond acceptors (Lipinski definition) is 3. The number of ether oxygens (including phenoxy) is 1. The molecule has 1 unspecified atom stereocenters. The Morgan fingerprint density at radius 3 is 2.00 bits per heavy atom. The number of allylic oxidation sites excluding steroid dienone is 1. The number of rotatable bonds is 5. The summed E-state index contributed by atoms with van der Waals surface area (Å²) < 4.78 is 59.8. The van der Waals surface area contributed by atoms with Gasteiger partial charge in [0.1, 0.15) is 12.9 Å². The van der Waals surface area contributed by atoms with Gasteiger partial charge in [-0.1, -0.05) is 19.9 Å². The highest BCUT2D eigenvalue weighted by molar-refractivity contribution is 5.86. The minimum Gasteiger partial charge on any atom is -0.460 e. The van der Waals surface area contributed by atoms with Crippen LogP contribution in [0.15, 0.2) is 11.6 Å². The van der Waals surface area contributed by atoms with Crippen molar-refractivity contribution < 1.29 is 31.9 Å². The highest BCUT2D eigenvalue weighted by atomic mass is 19.2. The Hall–Kier alpha value is -2.18. The minimum absolute atomic E-state index is 0.312. The molecule has 1 aromatic rings. The van der Waals surface area contributed by atoms with Crippen molar-refractivity contribution in [3.8, 4) is 0 Å². The fourth-order valence-corrected chi connectivity index (χ4v) is 2.91. The van der Waals surface area contributed by atoms with Crippen molar-refractivity contribution in [2.75, 3.05) is 0 Å². The van der Waals surface area contributed by atoms with E-state index in [1.165, 1.54) is 13.0 Å². The summed E-state index contributed by atoms with van der Waals surface area (Å²) in [6.45, 7) is 5.02. The summed E-state index contributed by atoms with van der Waals surface area (Å²) in [4.78, 5) is 23.2. The van der Waals surface area contributed by atoms with Crippen LogP contribution in [0.4, 0.5) is 17.6 Å². The first-order valence-electron chi connectivity index (χ1n) is 7.62. The molecule has 0 aliphatic heterocycles. The Bertz CT molecular complexity index is 754. The first-order valence-corrected chi connectivity index (χ1v) is 7.62. The molecule has 0 spiro atoms. The minimum atomic E-state index is -1.59. The molecule has 1 aliphatic rings. The molecule has 0 bridgehead atoms. The van der Waals surface area contributed by atoms with Crippen molar-refractivity contribution in [3.63, 3.8) is 0 Å². The quantitative estimate of drug-likeness (QED) is 0.261. The maximum atomic E-state index is 13.9. The van der Waals surface area contributed by atoms with Crippen molar-refractivity contribution >= 4 is 12.3 Å². The van der Waals surface area contributed by atoms with Gasteiger partial charge < -0.3 is 4.74 Å². The Balaban J connectivity index is 2.28. The number of halogens is 4. The van der Waals surface area contributed by atoms with Gasteiger partial charge in [0.15, 0.2) is 23.3 Å². The van der Waals surface area contributed by atoms with E-state index in [1.54, 1.807) is 13.8 Å². The highest BCUT2D eigenvalue weighted by Gasteiger charge is 2.66. The Morgan fingerprint density at radius 1 is 1.12 bits per heavy atom. The third kappa shape index (κ3) is 3.07. The van der Waals surface area contributed by atoms with Crippen LogP contribution in [0.3, 0.4) is 0 Å². The molecular formula is C18H18F4O3. The second-order valence-electron chi connectivity index (χ2n) is 6.97. The topological polar surface area (TPSA) is 43.4 Å². The summed E-state index contributed by atoms with van der Waals surface area (Å²) >= 11 is 0. The zero-order chi connectivity index (χ0) is 19.2. The number of hydrogen-bond donors (Lipinski definition) is 0. The lowest BCUT2D eigenvalue weighted by molar-refractivity contribution is -0.151. The van der Waals surface area contributed by atoms with Gasteiger partial charge in [0.2, 0.25) is 0 Å². The van der Waals surface area contributed by atoms with Gasteiger partial charge in [-0.05, 0) is 31.3 Å². The average Bonchev–Trinajstić information content (AvgIpc) is 3.12. The van der Waals surface area contributed by atoms with E-state index < -0.39 is 57.8 Å². The SMILES string of the molecule is C/C(C=O)=C\C1(C(=O)OCc2c(F)c(F)c(C)c(F)c2F)CC1(C)C. The summed E-state index contributed by atoms with van der Waals surface area (Å²) in [5.74, 6) is -7.04.